The molecule has 1 aromatic rings. The number of hydrogen-bond donors (Lipinski definition) is 0. The van der Waals surface area contributed by atoms with E-state index in [9.17, 15) is 0 Å². The van der Waals surface area contributed by atoms with Crippen LogP contribution in [0, 0.1) is 0 Å². The van der Waals surface area contributed by atoms with Crippen LogP contribution in [0.1, 0.15) is 37.3 Å². The van der Waals surface area contributed by atoms with Gasteiger partial charge >= 0.3 is 0 Å². The van der Waals surface area contributed by atoms with Gasteiger partial charge in [-0.2, -0.15) is 0 Å². The zero-order valence-corrected chi connectivity index (χ0v) is 12.4. The lowest BCUT2D eigenvalue weighted by molar-refractivity contribution is -0.524. The molecule has 2 nitrogen and oxygen atoms in total. The molecule has 0 aromatic heterocycles. The van der Waals surface area contributed by atoms with Crippen LogP contribution in [0.25, 0.3) is 0 Å². The van der Waals surface area contributed by atoms with Gasteiger partial charge in [-0.1, -0.05) is 38.0 Å². The van der Waals surface area contributed by atoms with Gasteiger partial charge in [0.25, 0.3) is 0 Å². The number of fused-ring (bicyclic) bond motifs is 1. The molecule has 0 amide bonds. The Morgan fingerprint density at radius 1 is 1.16 bits per heavy atom. The van der Waals surface area contributed by atoms with E-state index in [0.717, 1.165) is 6.54 Å². The molecule has 0 N–H and O–H groups in total. The van der Waals surface area contributed by atoms with Crippen molar-refractivity contribution in [1.82, 2.24) is 4.90 Å². The average molecular weight is 259 g/mol. The molecular weight excluding hydrogens is 232 g/mol. The predicted molar refractivity (Wildman–Crippen MR) is 82.3 cm³/mol. The third-order valence-electron chi connectivity index (χ3n) is 3.96. The normalized spacial score (nSPS) is 14.4. The topological polar surface area (TPSA) is 6.25 Å². The molecule has 1 heterocycles. The number of unbranched alkanes of at least 4 members (excludes halogenated alkanes) is 2. The van der Waals surface area contributed by atoms with E-state index in [0.29, 0.717) is 0 Å². The van der Waals surface area contributed by atoms with E-state index in [1.165, 1.54) is 56.4 Å². The average Bonchev–Trinajstić information content (AvgIpc) is 2.45. The number of benzene rings is 1. The van der Waals surface area contributed by atoms with Crippen LogP contribution in [0.5, 0.6) is 0 Å². The Hall–Kier alpha value is -1.15. The molecule has 0 saturated carbocycles. The maximum atomic E-state index is 2.47. The predicted octanol–water partition coefficient (Wildman–Crippen LogP) is 2.80. The lowest BCUT2D eigenvalue weighted by Gasteiger charge is -2.17. The Morgan fingerprint density at radius 3 is 2.84 bits per heavy atom. The molecule has 0 saturated heterocycles. The van der Waals surface area contributed by atoms with Crippen LogP contribution in [0.15, 0.2) is 24.3 Å². The molecule has 1 aromatic carbocycles. The second-order valence-electron chi connectivity index (χ2n) is 5.62. The first-order chi connectivity index (χ1) is 9.29. The summed E-state index contributed by atoms with van der Waals surface area (Å²) >= 11 is 0. The van der Waals surface area contributed by atoms with Crippen molar-refractivity contribution < 1.29 is 4.58 Å². The summed E-state index contributed by atoms with van der Waals surface area (Å²) in [5, 5.41) is 0. The summed E-state index contributed by atoms with van der Waals surface area (Å²) in [4.78, 5) is 2.46. The van der Waals surface area contributed by atoms with E-state index in [-0.39, 0.29) is 0 Å². The Kier molecular flexibility index (Phi) is 5.59. The maximum absolute atomic E-state index is 2.47. The molecule has 0 fully saturated rings. The fourth-order valence-electron chi connectivity index (χ4n) is 2.63. The molecule has 1 aliphatic rings. The largest absolute Gasteiger partial charge is 0.300 e. The van der Waals surface area contributed by atoms with Gasteiger partial charge in [-0.3, -0.25) is 0 Å². The minimum Gasteiger partial charge on any atom is -0.300 e. The quantitative estimate of drug-likeness (QED) is 0.539. The summed E-state index contributed by atoms with van der Waals surface area (Å²) in [5.74, 6) is 0. The smallest absolute Gasteiger partial charge is 0.171 e. The highest BCUT2D eigenvalue weighted by atomic mass is 15.1. The van der Waals surface area contributed by atoms with Crippen LogP contribution >= 0.6 is 0 Å². The first kappa shape index (κ1) is 14.3. The van der Waals surface area contributed by atoms with Crippen LogP contribution in [-0.2, 0) is 6.42 Å². The molecule has 104 valence electrons. The zero-order chi connectivity index (χ0) is 13.5. The Balaban J connectivity index is 1.79. The van der Waals surface area contributed by atoms with Gasteiger partial charge in [-0.25, -0.2) is 4.58 Å². The lowest BCUT2D eigenvalue weighted by atomic mass is 10.0. The highest BCUT2D eigenvalue weighted by molar-refractivity contribution is 5.78. The highest BCUT2D eigenvalue weighted by Gasteiger charge is 2.15. The summed E-state index contributed by atoms with van der Waals surface area (Å²) in [6.07, 6.45) is 7.52. The minimum atomic E-state index is 1.15. The van der Waals surface area contributed by atoms with Crippen LogP contribution < -0.4 is 0 Å². The third-order valence-corrected chi connectivity index (χ3v) is 3.96. The van der Waals surface area contributed by atoms with Gasteiger partial charge in [0.05, 0.1) is 6.54 Å². The van der Waals surface area contributed by atoms with E-state index in [4.69, 9.17) is 0 Å². The van der Waals surface area contributed by atoms with Crippen molar-refractivity contribution in [3.05, 3.63) is 35.4 Å². The second-order valence-corrected chi connectivity index (χ2v) is 5.62. The van der Waals surface area contributed by atoms with Gasteiger partial charge in [0.2, 0.25) is 0 Å². The van der Waals surface area contributed by atoms with Crippen molar-refractivity contribution in [3.8, 4) is 0 Å². The third kappa shape index (κ3) is 4.46. The van der Waals surface area contributed by atoms with E-state index >= 15 is 0 Å². The molecule has 1 aliphatic heterocycles. The molecular formula is C17H27N2+. The van der Waals surface area contributed by atoms with Crippen molar-refractivity contribution in [2.75, 3.05) is 33.2 Å². The molecule has 0 bridgehead atoms. The molecule has 0 spiro atoms. The SMILES string of the molecule is CCCCCN(C)CC[N+]1=Cc2ccccc2CC1. The summed E-state index contributed by atoms with van der Waals surface area (Å²) in [7, 11) is 2.24. The summed E-state index contributed by atoms with van der Waals surface area (Å²) in [6.45, 7) is 6.98. The van der Waals surface area contributed by atoms with E-state index in [1.54, 1.807) is 0 Å². The fourth-order valence-corrected chi connectivity index (χ4v) is 2.63. The molecule has 0 radical (unpaired) electrons. The van der Waals surface area contributed by atoms with Gasteiger partial charge in [0.1, 0.15) is 6.54 Å². The van der Waals surface area contributed by atoms with E-state index < -0.39 is 0 Å². The van der Waals surface area contributed by atoms with Crippen molar-refractivity contribution in [2.45, 2.75) is 32.6 Å². The first-order valence-electron chi connectivity index (χ1n) is 7.65. The van der Waals surface area contributed by atoms with Gasteiger partial charge in [0, 0.05) is 12.0 Å². The van der Waals surface area contributed by atoms with Crippen molar-refractivity contribution >= 4 is 6.21 Å². The van der Waals surface area contributed by atoms with Crippen LogP contribution in [0.2, 0.25) is 0 Å². The number of likely N-dealkylation sites (N-methyl/N-ethyl adjacent to an activating group) is 1. The Morgan fingerprint density at radius 2 is 2.00 bits per heavy atom. The van der Waals surface area contributed by atoms with E-state index in [1.807, 2.05) is 0 Å². The molecule has 2 heteroatoms. The van der Waals surface area contributed by atoms with Gasteiger partial charge in [-0.15, -0.1) is 0 Å². The maximum Gasteiger partial charge on any atom is 0.171 e. The minimum absolute atomic E-state index is 1.15. The molecule has 19 heavy (non-hydrogen) atoms. The monoisotopic (exact) mass is 259 g/mol. The molecule has 0 atom stereocenters. The van der Waals surface area contributed by atoms with Crippen molar-refractivity contribution in [2.24, 2.45) is 0 Å². The number of rotatable bonds is 7. The molecule has 0 unspecified atom stereocenters. The van der Waals surface area contributed by atoms with Crippen LogP contribution in [0.4, 0.5) is 0 Å². The first-order valence-corrected chi connectivity index (χ1v) is 7.65. The lowest BCUT2D eigenvalue weighted by Crippen LogP contribution is -2.32. The number of nitrogens with zero attached hydrogens (tertiary/aromatic N) is 2. The molecule has 0 aliphatic carbocycles. The van der Waals surface area contributed by atoms with Crippen LogP contribution in [0.3, 0.4) is 0 Å². The summed E-state index contributed by atoms with van der Waals surface area (Å²) < 4.78 is 2.47. The van der Waals surface area contributed by atoms with Gasteiger partial charge in [0.15, 0.2) is 12.8 Å². The van der Waals surface area contributed by atoms with Crippen LogP contribution in [-0.4, -0.2) is 48.9 Å². The fraction of sp³-hybridized carbons (Fsp3) is 0.588. The Bertz CT molecular complexity index is 423. The van der Waals surface area contributed by atoms with Crippen molar-refractivity contribution in [3.63, 3.8) is 0 Å². The van der Waals surface area contributed by atoms with Gasteiger partial charge in [-0.05, 0) is 31.6 Å². The van der Waals surface area contributed by atoms with Gasteiger partial charge < -0.3 is 4.90 Å². The summed E-state index contributed by atoms with van der Waals surface area (Å²) in [6, 6.07) is 8.76. The Labute approximate surface area is 117 Å². The van der Waals surface area contributed by atoms with E-state index in [2.05, 4.69) is 53.9 Å². The zero-order valence-electron chi connectivity index (χ0n) is 12.4. The standard InChI is InChI=1S/C17H27N2/c1-3-4-7-11-18(2)13-14-19-12-10-16-8-5-6-9-17(16)15-19/h5-6,8-9,15H,3-4,7,10-14H2,1-2H3/q+1. The second kappa shape index (κ2) is 7.44. The number of hydrogen-bond acceptors (Lipinski definition) is 1. The highest BCUT2D eigenvalue weighted by Crippen LogP contribution is 2.11. The van der Waals surface area contributed by atoms with Crippen molar-refractivity contribution in [1.29, 1.82) is 0 Å². The summed E-state index contributed by atoms with van der Waals surface area (Å²) in [5.41, 5.74) is 2.90. The molecule has 2 rings (SSSR count).